The number of amides is 1. The van der Waals surface area contributed by atoms with Crippen LogP contribution in [-0.2, 0) is 16.1 Å². The van der Waals surface area contributed by atoms with Crippen LogP contribution in [0.15, 0.2) is 12.4 Å². The normalized spacial score (nSPS) is 22.7. The number of nitrogens with two attached hydrogens (primary N) is 1. The molecule has 1 amide bonds. The lowest BCUT2D eigenvalue weighted by molar-refractivity contribution is -0.124. The summed E-state index contributed by atoms with van der Waals surface area (Å²) in [5.41, 5.74) is 5.95. The average Bonchev–Trinajstić information content (AvgIpc) is 2.62. The molecule has 1 fully saturated rings. The topological polar surface area (TPSA) is 82.2 Å². The van der Waals surface area contributed by atoms with E-state index >= 15 is 0 Å². The van der Waals surface area contributed by atoms with E-state index in [9.17, 15) is 4.79 Å². The average molecular weight is 252 g/mol. The Morgan fingerprint density at radius 3 is 3.11 bits per heavy atom. The van der Waals surface area contributed by atoms with E-state index in [-0.39, 0.29) is 24.1 Å². The highest BCUT2D eigenvalue weighted by molar-refractivity contribution is 5.76. The van der Waals surface area contributed by atoms with Crippen LogP contribution in [0.3, 0.4) is 0 Å². The maximum atomic E-state index is 11.8. The van der Waals surface area contributed by atoms with Gasteiger partial charge in [-0.1, -0.05) is 0 Å². The van der Waals surface area contributed by atoms with E-state index in [0.29, 0.717) is 12.3 Å². The first-order valence-corrected chi connectivity index (χ1v) is 6.16. The molecular weight excluding hydrogens is 232 g/mol. The quantitative estimate of drug-likeness (QED) is 0.822. The van der Waals surface area contributed by atoms with E-state index in [1.165, 1.54) is 10.9 Å². The van der Waals surface area contributed by atoms with Gasteiger partial charge < -0.3 is 15.8 Å². The molecule has 18 heavy (non-hydrogen) atoms. The molecule has 1 saturated heterocycles. The molecule has 6 nitrogen and oxygen atoms in total. The zero-order valence-electron chi connectivity index (χ0n) is 10.8. The van der Waals surface area contributed by atoms with E-state index in [4.69, 9.17) is 10.5 Å². The Bertz CT molecular complexity index is 427. The molecule has 2 heterocycles. The number of carbonyl (C=O) groups is 1. The monoisotopic (exact) mass is 252 g/mol. The Morgan fingerprint density at radius 2 is 2.50 bits per heavy atom. The predicted octanol–water partition coefficient (Wildman–Crippen LogP) is 0.539. The first-order chi connectivity index (χ1) is 8.44. The van der Waals surface area contributed by atoms with Gasteiger partial charge in [0.15, 0.2) is 0 Å². The fourth-order valence-electron chi connectivity index (χ4n) is 2.24. The van der Waals surface area contributed by atoms with Crippen molar-refractivity contribution in [3.63, 3.8) is 0 Å². The third kappa shape index (κ3) is 3.46. The van der Waals surface area contributed by atoms with Gasteiger partial charge in [-0.15, -0.1) is 0 Å². The second-order valence-electron chi connectivity index (χ2n) is 5.34. The molecule has 3 N–H and O–H groups in total. The van der Waals surface area contributed by atoms with Crippen molar-refractivity contribution in [2.45, 2.75) is 44.9 Å². The van der Waals surface area contributed by atoms with Gasteiger partial charge in [-0.3, -0.25) is 9.48 Å². The second-order valence-corrected chi connectivity index (χ2v) is 5.34. The Balaban J connectivity index is 1.84. The molecule has 6 heteroatoms. The fraction of sp³-hybridized carbons (Fsp3) is 0.667. The molecule has 0 aliphatic carbocycles. The van der Waals surface area contributed by atoms with Crippen molar-refractivity contribution < 1.29 is 9.53 Å². The molecule has 0 spiro atoms. The maximum absolute atomic E-state index is 11.8. The second kappa shape index (κ2) is 4.97. The maximum Gasteiger partial charge on any atom is 0.241 e. The molecular formula is C12H20N4O2. The molecule has 100 valence electrons. The lowest BCUT2D eigenvalue weighted by atomic mass is 9.94. The summed E-state index contributed by atoms with van der Waals surface area (Å²) in [5.74, 6) is -0.0409. The van der Waals surface area contributed by atoms with Gasteiger partial charge in [-0.2, -0.15) is 5.10 Å². The minimum Gasteiger partial charge on any atom is -0.396 e. The fourth-order valence-corrected chi connectivity index (χ4v) is 2.24. The molecule has 0 aromatic carbocycles. The summed E-state index contributed by atoms with van der Waals surface area (Å²) in [6.07, 6.45) is 4.87. The summed E-state index contributed by atoms with van der Waals surface area (Å²) >= 11 is 0. The zero-order valence-corrected chi connectivity index (χ0v) is 10.8. The van der Waals surface area contributed by atoms with E-state index in [1.807, 2.05) is 13.8 Å². The molecule has 1 aromatic heterocycles. The molecule has 1 aromatic rings. The van der Waals surface area contributed by atoms with Crippen LogP contribution < -0.4 is 11.1 Å². The minimum absolute atomic E-state index is 0.0409. The largest absolute Gasteiger partial charge is 0.396 e. The van der Waals surface area contributed by atoms with E-state index in [0.717, 1.165) is 12.8 Å². The smallest absolute Gasteiger partial charge is 0.241 e. The van der Waals surface area contributed by atoms with Crippen molar-refractivity contribution in [2.75, 3.05) is 12.3 Å². The number of nitrogens with zero attached hydrogens (tertiary/aromatic N) is 2. The Labute approximate surface area is 106 Å². The zero-order chi connectivity index (χ0) is 13.2. The van der Waals surface area contributed by atoms with Crippen molar-refractivity contribution in [1.82, 2.24) is 15.1 Å². The first kappa shape index (κ1) is 12.9. The van der Waals surface area contributed by atoms with Crippen molar-refractivity contribution in [2.24, 2.45) is 0 Å². The van der Waals surface area contributed by atoms with Gasteiger partial charge in [-0.25, -0.2) is 0 Å². The van der Waals surface area contributed by atoms with Crippen LogP contribution in [-0.4, -0.2) is 33.9 Å². The molecule has 1 aliphatic rings. The van der Waals surface area contributed by atoms with Crippen LogP contribution in [0, 0.1) is 0 Å². The predicted molar refractivity (Wildman–Crippen MR) is 67.8 cm³/mol. The number of ether oxygens (including phenoxy) is 1. The van der Waals surface area contributed by atoms with Gasteiger partial charge in [0.2, 0.25) is 5.91 Å². The number of nitrogen functional groups attached to an aromatic ring is 1. The third-order valence-corrected chi connectivity index (χ3v) is 3.02. The number of hydrogen-bond donors (Lipinski definition) is 2. The minimum atomic E-state index is -0.160. The van der Waals surface area contributed by atoms with Crippen molar-refractivity contribution in [1.29, 1.82) is 0 Å². The molecule has 1 aliphatic heterocycles. The summed E-state index contributed by atoms with van der Waals surface area (Å²) in [7, 11) is 0. The summed E-state index contributed by atoms with van der Waals surface area (Å²) < 4.78 is 7.15. The highest BCUT2D eigenvalue weighted by Crippen LogP contribution is 2.23. The number of hydrogen-bond acceptors (Lipinski definition) is 4. The van der Waals surface area contributed by atoms with Crippen LogP contribution in [0.4, 0.5) is 5.69 Å². The first-order valence-electron chi connectivity index (χ1n) is 6.16. The van der Waals surface area contributed by atoms with Gasteiger partial charge in [-0.05, 0) is 26.7 Å². The highest BCUT2D eigenvalue weighted by Gasteiger charge is 2.29. The van der Waals surface area contributed by atoms with Gasteiger partial charge in [0.05, 0.1) is 17.5 Å². The molecule has 0 saturated carbocycles. The lowest BCUT2D eigenvalue weighted by Gasteiger charge is -2.35. The highest BCUT2D eigenvalue weighted by atomic mass is 16.5. The van der Waals surface area contributed by atoms with Crippen LogP contribution in [0.25, 0.3) is 0 Å². The van der Waals surface area contributed by atoms with E-state index in [2.05, 4.69) is 10.4 Å². The molecule has 0 bridgehead atoms. The van der Waals surface area contributed by atoms with Crippen LogP contribution in [0.5, 0.6) is 0 Å². The van der Waals surface area contributed by atoms with Crippen LogP contribution in [0.2, 0.25) is 0 Å². The Morgan fingerprint density at radius 1 is 1.72 bits per heavy atom. The van der Waals surface area contributed by atoms with Crippen LogP contribution in [0.1, 0.15) is 26.7 Å². The van der Waals surface area contributed by atoms with E-state index in [1.54, 1.807) is 6.20 Å². The van der Waals surface area contributed by atoms with Gasteiger partial charge in [0.1, 0.15) is 6.54 Å². The molecule has 1 atom stereocenters. The standard InChI is InChI=1S/C12H20N4O2/c1-12(2)5-10(3-4-18-12)15-11(17)8-16-7-9(13)6-14-16/h6-7,10H,3-5,8,13H2,1-2H3,(H,15,17). The number of nitrogens with one attached hydrogen (secondary N) is 1. The van der Waals surface area contributed by atoms with Crippen molar-refractivity contribution in [3.8, 4) is 0 Å². The number of anilines is 1. The lowest BCUT2D eigenvalue weighted by Crippen LogP contribution is -2.46. The molecule has 0 radical (unpaired) electrons. The van der Waals surface area contributed by atoms with Gasteiger partial charge in [0, 0.05) is 18.8 Å². The SMILES string of the molecule is CC1(C)CC(NC(=O)Cn2cc(N)cn2)CCO1. The van der Waals surface area contributed by atoms with Gasteiger partial charge >= 0.3 is 0 Å². The molecule has 1 unspecified atom stereocenters. The van der Waals surface area contributed by atoms with Gasteiger partial charge in [0.25, 0.3) is 0 Å². The van der Waals surface area contributed by atoms with Crippen molar-refractivity contribution in [3.05, 3.63) is 12.4 Å². The third-order valence-electron chi connectivity index (χ3n) is 3.02. The van der Waals surface area contributed by atoms with Crippen LogP contribution >= 0.6 is 0 Å². The Kier molecular flexibility index (Phi) is 3.56. The van der Waals surface area contributed by atoms with E-state index < -0.39 is 0 Å². The number of carbonyl (C=O) groups excluding carboxylic acids is 1. The number of aromatic nitrogens is 2. The summed E-state index contributed by atoms with van der Waals surface area (Å²) in [4.78, 5) is 11.8. The Hall–Kier alpha value is -1.56. The molecule has 2 rings (SSSR count). The summed E-state index contributed by atoms with van der Waals surface area (Å²) in [6.45, 7) is 4.97. The summed E-state index contributed by atoms with van der Waals surface area (Å²) in [5, 5.41) is 7.00. The summed E-state index contributed by atoms with van der Waals surface area (Å²) in [6, 6.07) is 0.175. The van der Waals surface area contributed by atoms with Crippen molar-refractivity contribution >= 4 is 11.6 Å². The number of rotatable bonds is 3.